The van der Waals surface area contributed by atoms with E-state index in [-0.39, 0.29) is 0 Å². The first-order valence-electron chi connectivity index (χ1n) is 8.14. The zero-order chi connectivity index (χ0) is 15.6. The Hall–Kier alpha value is -1.20. The lowest BCUT2D eigenvalue weighted by Gasteiger charge is -2.40. The topological polar surface area (TPSA) is 51.0 Å². The van der Waals surface area contributed by atoms with Crippen molar-refractivity contribution in [3.8, 4) is 10.7 Å². The number of nitrogens with one attached hydrogen (secondary N) is 1. The Morgan fingerprint density at radius 3 is 2.86 bits per heavy atom. The Morgan fingerprint density at radius 2 is 2.14 bits per heavy atom. The lowest BCUT2D eigenvalue weighted by atomic mass is 9.69. The van der Waals surface area contributed by atoms with Gasteiger partial charge in [-0.25, -0.2) is 0 Å². The van der Waals surface area contributed by atoms with Crippen LogP contribution in [-0.2, 0) is 6.54 Å². The summed E-state index contributed by atoms with van der Waals surface area (Å²) in [5.74, 6) is 2.09. The van der Waals surface area contributed by atoms with E-state index in [0.29, 0.717) is 35.6 Å². The quantitative estimate of drug-likeness (QED) is 0.902. The molecule has 0 aliphatic heterocycles. The van der Waals surface area contributed by atoms with Gasteiger partial charge in [0.25, 0.3) is 0 Å². The van der Waals surface area contributed by atoms with Crippen molar-refractivity contribution in [2.75, 3.05) is 0 Å². The van der Waals surface area contributed by atoms with Gasteiger partial charge in [0.2, 0.25) is 11.7 Å². The van der Waals surface area contributed by atoms with Gasteiger partial charge in [0.05, 0.1) is 11.4 Å². The number of hydrogen-bond donors (Lipinski definition) is 1. The van der Waals surface area contributed by atoms with Crippen molar-refractivity contribution in [2.45, 2.75) is 59.0 Å². The molecular weight excluding hydrogens is 294 g/mol. The molecule has 2 aromatic heterocycles. The molecule has 5 heteroatoms. The van der Waals surface area contributed by atoms with Crippen LogP contribution in [0.3, 0.4) is 0 Å². The third-order valence-corrected chi connectivity index (χ3v) is 5.47. The SMILES string of the molecule is CC(C)(C)C1CCCCC1NCc1nc(-c2cccs2)no1. The smallest absolute Gasteiger partial charge is 0.240 e. The van der Waals surface area contributed by atoms with E-state index >= 15 is 0 Å². The second kappa shape index (κ2) is 6.50. The van der Waals surface area contributed by atoms with Crippen molar-refractivity contribution < 1.29 is 4.52 Å². The van der Waals surface area contributed by atoms with Crippen LogP contribution in [-0.4, -0.2) is 16.2 Å². The van der Waals surface area contributed by atoms with Crippen LogP contribution in [0.2, 0.25) is 0 Å². The molecule has 0 amide bonds. The molecule has 1 saturated carbocycles. The minimum Gasteiger partial charge on any atom is -0.338 e. The van der Waals surface area contributed by atoms with E-state index < -0.39 is 0 Å². The van der Waals surface area contributed by atoms with Gasteiger partial charge in [0.15, 0.2) is 0 Å². The molecule has 2 aromatic rings. The van der Waals surface area contributed by atoms with Crippen LogP contribution in [0.4, 0.5) is 0 Å². The lowest BCUT2D eigenvalue weighted by Crippen LogP contribution is -2.43. The molecule has 1 aliphatic rings. The Morgan fingerprint density at radius 1 is 1.32 bits per heavy atom. The molecule has 1 aliphatic carbocycles. The fourth-order valence-corrected chi connectivity index (χ4v) is 4.11. The highest BCUT2D eigenvalue weighted by atomic mass is 32.1. The van der Waals surface area contributed by atoms with Gasteiger partial charge < -0.3 is 9.84 Å². The largest absolute Gasteiger partial charge is 0.338 e. The Bertz CT molecular complexity index is 585. The third kappa shape index (κ3) is 3.58. The lowest BCUT2D eigenvalue weighted by molar-refractivity contribution is 0.127. The maximum atomic E-state index is 5.38. The summed E-state index contributed by atoms with van der Waals surface area (Å²) in [6.07, 6.45) is 5.22. The molecule has 3 rings (SSSR count). The average Bonchev–Trinajstić information content (AvgIpc) is 3.15. The zero-order valence-electron chi connectivity index (χ0n) is 13.6. The maximum Gasteiger partial charge on any atom is 0.240 e. The first-order chi connectivity index (χ1) is 10.5. The van der Waals surface area contributed by atoms with Gasteiger partial charge in [-0.1, -0.05) is 44.8 Å². The standard InChI is InChI=1S/C17H25N3OS/c1-17(2,3)12-7-4-5-8-13(12)18-11-15-19-16(20-21-15)14-9-6-10-22-14/h6,9-10,12-13,18H,4-5,7-8,11H2,1-3H3. The van der Waals surface area contributed by atoms with E-state index in [0.717, 1.165) is 4.88 Å². The minimum atomic E-state index is 0.342. The fraction of sp³-hybridized carbons (Fsp3) is 0.647. The summed E-state index contributed by atoms with van der Waals surface area (Å²) in [7, 11) is 0. The van der Waals surface area contributed by atoms with Gasteiger partial charge >= 0.3 is 0 Å². The number of rotatable bonds is 4. The molecule has 0 spiro atoms. The first-order valence-corrected chi connectivity index (χ1v) is 9.02. The minimum absolute atomic E-state index is 0.342. The number of aromatic nitrogens is 2. The van der Waals surface area contributed by atoms with Crippen LogP contribution >= 0.6 is 11.3 Å². The van der Waals surface area contributed by atoms with E-state index in [1.54, 1.807) is 11.3 Å². The molecule has 0 radical (unpaired) electrons. The fourth-order valence-electron chi connectivity index (χ4n) is 3.46. The van der Waals surface area contributed by atoms with Crippen molar-refractivity contribution in [2.24, 2.45) is 11.3 Å². The summed E-state index contributed by atoms with van der Waals surface area (Å²) in [5.41, 5.74) is 0.342. The van der Waals surface area contributed by atoms with Crippen molar-refractivity contribution in [1.29, 1.82) is 0 Å². The van der Waals surface area contributed by atoms with Gasteiger partial charge in [-0.2, -0.15) is 4.98 Å². The molecule has 4 nitrogen and oxygen atoms in total. The zero-order valence-corrected chi connectivity index (χ0v) is 14.4. The van der Waals surface area contributed by atoms with Gasteiger partial charge in [-0.15, -0.1) is 11.3 Å². The number of hydrogen-bond acceptors (Lipinski definition) is 5. The first kappa shape index (κ1) is 15.7. The summed E-state index contributed by atoms with van der Waals surface area (Å²) < 4.78 is 5.38. The molecule has 2 atom stereocenters. The van der Waals surface area contributed by atoms with Gasteiger partial charge in [0.1, 0.15) is 0 Å². The summed E-state index contributed by atoms with van der Waals surface area (Å²) in [6, 6.07) is 4.57. The van der Waals surface area contributed by atoms with Crippen LogP contribution < -0.4 is 5.32 Å². The molecule has 0 aromatic carbocycles. The van der Waals surface area contributed by atoms with E-state index in [2.05, 4.69) is 36.2 Å². The molecule has 0 saturated heterocycles. The number of nitrogens with zero attached hydrogens (tertiary/aromatic N) is 2. The summed E-state index contributed by atoms with van der Waals surface area (Å²) in [6.45, 7) is 7.70. The predicted octanol–water partition coefficient (Wildman–Crippen LogP) is 4.49. The van der Waals surface area contributed by atoms with Gasteiger partial charge in [-0.3, -0.25) is 0 Å². The highest BCUT2D eigenvalue weighted by Gasteiger charge is 2.33. The molecule has 2 unspecified atom stereocenters. The van der Waals surface area contributed by atoms with Crippen LogP contribution in [0.5, 0.6) is 0 Å². The summed E-state index contributed by atoms with van der Waals surface area (Å²) in [5, 5.41) is 9.76. The summed E-state index contributed by atoms with van der Waals surface area (Å²) in [4.78, 5) is 5.55. The van der Waals surface area contributed by atoms with Crippen molar-refractivity contribution in [1.82, 2.24) is 15.5 Å². The van der Waals surface area contributed by atoms with Crippen LogP contribution in [0.1, 0.15) is 52.3 Å². The van der Waals surface area contributed by atoms with Crippen LogP contribution in [0.25, 0.3) is 10.7 Å². The van der Waals surface area contributed by atoms with Crippen molar-refractivity contribution in [3.63, 3.8) is 0 Å². The molecular formula is C17H25N3OS. The molecule has 22 heavy (non-hydrogen) atoms. The molecule has 1 N–H and O–H groups in total. The van der Waals surface area contributed by atoms with E-state index in [9.17, 15) is 0 Å². The highest BCUT2D eigenvalue weighted by molar-refractivity contribution is 7.13. The Balaban J connectivity index is 1.62. The van der Waals surface area contributed by atoms with Crippen molar-refractivity contribution in [3.05, 3.63) is 23.4 Å². The van der Waals surface area contributed by atoms with Gasteiger partial charge in [0, 0.05) is 6.04 Å². The van der Waals surface area contributed by atoms with E-state index in [1.807, 2.05) is 17.5 Å². The predicted molar refractivity (Wildman–Crippen MR) is 89.7 cm³/mol. The average molecular weight is 319 g/mol. The van der Waals surface area contributed by atoms with Gasteiger partial charge in [-0.05, 0) is 35.6 Å². The van der Waals surface area contributed by atoms with E-state index in [1.165, 1.54) is 25.7 Å². The summed E-state index contributed by atoms with van der Waals surface area (Å²) >= 11 is 1.63. The second-order valence-corrected chi connectivity index (χ2v) is 8.18. The molecule has 2 heterocycles. The Kier molecular flexibility index (Phi) is 4.64. The third-order valence-electron chi connectivity index (χ3n) is 4.60. The number of thiophene rings is 1. The maximum absolute atomic E-state index is 5.38. The van der Waals surface area contributed by atoms with Crippen LogP contribution in [0, 0.1) is 11.3 Å². The molecule has 120 valence electrons. The molecule has 0 bridgehead atoms. The van der Waals surface area contributed by atoms with E-state index in [4.69, 9.17) is 4.52 Å². The second-order valence-electron chi connectivity index (χ2n) is 7.23. The van der Waals surface area contributed by atoms with Crippen molar-refractivity contribution >= 4 is 11.3 Å². The highest BCUT2D eigenvalue weighted by Crippen LogP contribution is 2.38. The molecule has 1 fully saturated rings. The van der Waals surface area contributed by atoms with Crippen LogP contribution in [0.15, 0.2) is 22.0 Å². The Labute approximate surface area is 136 Å². The monoisotopic (exact) mass is 319 g/mol. The normalized spacial score (nSPS) is 22.9.